The molecule has 1 unspecified atom stereocenters. The van der Waals surface area contributed by atoms with Gasteiger partial charge in [-0.1, -0.05) is 44.5 Å². The molecule has 0 aromatic heterocycles. The van der Waals surface area contributed by atoms with Crippen molar-refractivity contribution in [3.8, 4) is 0 Å². The molecule has 0 aliphatic rings. The highest BCUT2D eigenvalue weighted by atomic mass is 32.2. The number of hydrogen-bond donors (Lipinski definition) is 1. The van der Waals surface area contributed by atoms with Gasteiger partial charge < -0.3 is 5.32 Å². The van der Waals surface area contributed by atoms with Crippen LogP contribution in [0.5, 0.6) is 0 Å². The molecule has 3 nitrogen and oxygen atoms in total. The smallest absolute Gasteiger partial charge is 0.149 e. The van der Waals surface area contributed by atoms with Crippen molar-refractivity contribution < 1.29 is 8.42 Å². The SMILES string of the molecule is CCCNC(CS(C)(=O)=O)c1ccc(CCC)cc1. The van der Waals surface area contributed by atoms with Gasteiger partial charge in [-0.3, -0.25) is 0 Å². The fraction of sp³-hybridized carbons (Fsp3) is 0.600. The summed E-state index contributed by atoms with van der Waals surface area (Å²) in [6.45, 7) is 5.06. The van der Waals surface area contributed by atoms with E-state index in [2.05, 4.69) is 31.3 Å². The van der Waals surface area contributed by atoms with Crippen LogP contribution in [0.15, 0.2) is 24.3 Å². The number of benzene rings is 1. The van der Waals surface area contributed by atoms with Crippen LogP contribution in [0, 0.1) is 0 Å². The van der Waals surface area contributed by atoms with E-state index in [4.69, 9.17) is 0 Å². The Kier molecular flexibility index (Phi) is 6.52. The Bertz CT molecular complexity index is 465. The van der Waals surface area contributed by atoms with Crippen molar-refractivity contribution in [2.75, 3.05) is 18.6 Å². The summed E-state index contributed by atoms with van der Waals surface area (Å²) in [5, 5.41) is 3.31. The maximum absolute atomic E-state index is 11.5. The van der Waals surface area contributed by atoms with Gasteiger partial charge in [0.15, 0.2) is 0 Å². The van der Waals surface area contributed by atoms with Crippen LogP contribution in [-0.4, -0.2) is 27.0 Å². The fourth-order valence-electron chi connectivity index (χ4n) is 2.10. The minimum atomic E-state index is -2.98. The molecule has 0 saturated carbocycles. The van der Waals surface area contributed by atoms with E-state index in [0.29, 0.717) is 0 Å². The molecule has 0 radical (unpaired) electrons. The van der Waals surface area contributed by atoms with E-state index >= 15 is 0 Å². The number of rotatable bonds is 8. The van der Waals surface area contributed by atoms with Crippen LogP contribution in [-0.2, 0) is 16.3 Å². The lowest BCUT2D eigenvalue weighted by Crippen LogP contribution is -2.28. The summed E-state index contributed by atoms with van der Waals surface area (Å²) in [4.78, 5) is 0. The molecule has 19 heavy (non-hydrogen) atoms. The second kappa shape index (κ2) is 7.65. The highest BCUT2D eigenvalue weighted by Gasteiger charge is 2.16. The maximum Gasteiger partial charge on any atom is 0.149 e. The van der Waals surface area contributed by atoms with Crippen LogP contribution < -0.4 is 5.32 Å². The van der Waals surface area contributed by atoms with Gasteiger partial charge in [-0.25, -0.2) is 8.42 Å². The topological polar surface area (TPSA) is 46.2 Å². The van der Waals surface area contributed by atoms with Gasteiger partial charge in [-0.15, -0.1) is 0 Å². The Balaban J connectivity index is 2.83. The van der Waals surface area contributed by atoms with Crippen molar-refractivity contribution >= 4 is 9.84 Å². The van der Waals surface area contributed by atoms with Gasteiger partial charge in [-0.2, -0.15) is 0 Å². The van der Waals surface area contributed by atoms with E-state index in [-0.39, 0.29) is 11.8 Å². The summed E-state index contributed by atoms with van der Waals surface area (Å²) in [6.07, 6.45) is 4.48. The molecule has 0 bridgehead atoms. The van der Waals surface area contributed by atoms with Crippen LogP contribution in [0.4, 0.5) is 0 Å². The first-order valence-corrected chi connectivity index (χ1v) is 9.02. The van der Waals surface area contributed by atoms with Gasteiger partial charge in [0.05, 0.1) is 5.75 Å². The molecule has 108 valence electrons. The van der Waals surface area contributed by atoms with Gasteiger partial charge in [0.2, 0.25) is 0 Å². The molecule has 0 amide bonds. The number of sulfone groups is 1. The Morgan fingerprint density at radius 2 is 1.74 bits per heavy atom. The average molecular weight is 283 g/mol. The number of hydrogen-bond acceptors (Lipinski definition) is 3. The lowest BCUT2D eigenvalue weighted by molar-refractivity contribution is 0.549. The lowest BCUT2D eigenvalue weighted by atomic mass is 10.0. The molecule has 0 saturated heterocycles. The molecular weight excluding hydrogens is 258 g/mol. The molecule has 1 aromatic carbocycles. The largest absolute Gasteiger partial charge is 0.309 e. The van der Waals surface area contributed by atoms with Crippen LogP contribution in [0.2, 0.25) is 0 Å². The van der Waals surface area contributed by atoms with Crippen molar-refractivity contribution in [2.45, 2.75) is 39.2 Å². The Morgan fingerprint density at radius 3 is 2.21 bits per heavy atom. The molecule has 0 heterocycles. The minimum Gasteiger partial charge on any atom is -0.309 e. The highest BCUT2D eigenvalue weighted by molar-refractivity contribution is 7.90. The zero-order chi connectivity index (χ0) is 14.3. The molecule has 1 aromatic rings. The number of aryl methyl sites for hydroxylation is 1. The average Bonchev–Trinajstić information content (AvgIpc) is 2.34. The Hall–Kier alpha value is -0.870. The third-order valence-corrected chi connectivity index (χ3v) is 3.97. The van der Waals surface area contributed by atoms with E-state index in [9.17, 15) is 8.42 Å². The Labute approximate surface area is 117 Å². The van der Waals surface area contributed by atoms with Gasteiger partial charge in [0.1, 0.15) is 9.84 Å². The van der Waals surface area contributed by atoms with Gasteiger partial charge >= 0.3 is 0 Å². The normalized spacial score (nSPS) is 13.4. The van der Waals surface area contributed by atoms with E-state index in [1.807, 2.05) is 12.1 Å². The molecule has 1 N–H and O–H groups in total. The van der Waals surface area contributed by atoms with Crippen molar-refractivity contribution in [3.63, 3.8) is 0 Å². The molecule has 0 fully saturated rings. The standard InChI is InChI=1S/C15H25NO2S/c1-4-6-13-7-9-14(10-8-13)15(16-11-5-2)12-19(3,17)18/h7-10,15-16H,4-6,11-12H2,1-3H3. The van der Waals surface area contributed by atoms with Crippen molar-refractivity contribution in [1.82, 2.24) is 5.32 Å². The summed E-state index contributed by atoms with van der Waals surface area (Å²) in [5.41, 5.74) is 2.36. The van der Waals surface area contributed by atoms with E-state index in [1.54, 1.807) is 0 Å². The van der Waals surface area contributed by atoms with Crippen molar-refractivity contribution in [1.29, 1.82) is 0 Å². The minimum absolute atomic E-state index is 0.106. The molecule has 1 atom stereocenters. The van der Waals surface area contributed by atoms with Crippen LogP contribution in [0.25, 0.3) is 0 Å². The highest BCUT2D eigenvalue weighted by Crippen LogP contribution is 2.16. The zero-order valence-corrected chi connectivity index (χ0v) is 13.0. The van der Waals surface area contributed by atoms with E-state index in [1.165, 1.54) is 11.8 Å². The lowest BCUT2D eigenvalue weighted by Gasteiger charge is -2.18. The fourth-order valence-corrected chi connectivity index (χ4v) is 3.02. The third-order valence-electron chi connectivity index (χ3n) is 3.03. The summed E-state index contributed by atoms with van der Waals surface area (Å²) in [7, 11) is -2.98. The van der Waals surface area contributed by atoms with Crippen LogP contribution >= 0.6 is 0 Å². The predicted molar refractivity (Wildman–Crippen MR) is 81.2 cm³/mol. The van der Waals surface area contributed by atoms with Crippen LogP contribution in [0.3, 0.4) is 0 Å². The molecule has 0 aliphatic carbocycles. The second-order valence-electron chi connectivity index (χ2n) is 5.09. The summed E-state index contributed by atoms with van der Waals surface area (Å²) < 4.78 is 23.0. The molecular formula is C15H25NO2S. The first-order valence-electron chi connectivity index (χ1n) is 6.96. The van der Waals surface area contributed by atoms with Gasteiger partial charge in [0.25, 0.3) is 0 Å². The Morgan fingerprint density at radius 1 is 1.11 bits per heavy atom. The summed E-state index contributed by atoms with van der Waals surface area (Å²) in [6, 6.07) is 8.18. The molecule has 0 aliphatic heterocycles. The summed E-state index contributed by atoms with van der Waals surface area (Å²) in [5.74, 6) is 0.153. The summed E-state index contributed by atoms with van der Waals surface area (Å²) >= 11 is 0. The second-order valence-corrected chi connectivity index (χ2v) is 7.28. The van der Waals surface area contributed by atoms with Crippen molar-refractivity contribution in [2.24, 2.45) is 0 Å². The quantitative estimate of drug-likeness (QED) is 0.798. The van der Waals surface area contributed by atoms with E-state index < -0.39 is 9.84 Å². The molecule has 1 rings (SSSR count). The first-order chi connectivity index (χ1) is 8.96. The zero-order valence-electron chi connectivity index (χ0n) is 12.1. The number of nitrogens with one attached hydrogen (secondary N) is 1. The monoisotopic (exact) mass is 283 g/mol. The maximum atomic E-state index is 11.5. The molecule has 4 heteroatoms. The van der Waals surface area contributed by atoms with Crippen LogP contribution in [0.1, 0.15) is 43.9 Å². The molecule has 0 spiro atoms. The first kappa shape index (κ1) is 16.2. The van der Waals surface area contributed by atoms with Crippen molar-refractivity contribution in [3.05, 3.63) is 35.4 Å². The van der Waals surface area contributed by atoms with Gasteiger partial charge in [0, 0.05) is 12.3 Å². The van der Waals surface area contributed by atoms with Gasteiger partial charge in [-0.05, 0) is 30.5 Å². The van der Waals surface area contributed by atoms with E-state index in [0.717, 1.165) is 31.4 Å². The third kappa shape index (κ3) is 6.21. The predicted octanol–water partition coefficient (Wildman–Crippen LogP) is 2.72.